The maximum atomic E-state index is 13.1. The average molecular weight is 393 g/mol. The third-order valence-electron chi connectivity index (χ3n) is 3.62. The number of rotatable bonds is 5. The Hall–Kier alpha value is -2.64. The van der Waals surface area contributed by atoms with Gasteiger partial charge in [0, 0.05) is 17.1 Å². The van der Waals surface area contributed by atoms with Crippen LogP contribution in [0.5, 0.6) is 0 Å². The SMILES string of the molecule is O=C(NCC(c1ccco1)c1cccs1)C(=O)Nc1ccc(F)c(Cl)c1. The van der Waals surface area contributed by atoms with Gasteiger partial charge in [-0.25, -0.2) is 4.39 Å². The topological polar surface area (TPSA) is 71.3 Å². The molecule has 0 aliphatic carbocycles. The highest BCUT2D eigenvalue weighted by molar-refractivity contribution is 7.10. The lowest BCUT2D eigenvalue weighted by atomic mass is 10.0. The number of carbonyl (C=O) groups excluding carboxylic acids is 2. The molecule has 2 N–H and O–H groups in total. The van der Waals surface area contributed by atoms with Crippen LogP contribution in [0.2, 0.25) is 5.02 Å². The minimum Gasteiger partial charge on any atom is -0.469 e. The molecular weight excluding hydrogens is 379 g/mol. The number of carbonyl (C=O) groups is 2. The number of hydrogen-bond donors (Lipinski definition) is 2. The summed E-state index contributed by atoms with van der Waals surface area (Å²) in [5, 5.41) is 6.76. The summed E-state index contributed by atoms with van der Waals surface area (Å²) in [6, 6.07) is 11.1. The third kappa shape index (κ3) is 4.30. The minimum atomic E-state index is -0.864. The van der Waals surface area contributed by atoms with E-state index in [9.17, 15) is 14.0 Å². The van der Waals surface area contributed by atoms with Crippen molar-refractivity contribution in [3.63, 3.8) is 0 Å². The van der Waals surface area contributed by atoms with Crippen molar-refractivity contribution < 1.29 is 18.4 Å². The monoisotopic (exact) mass is 392 g/mol. The van der Waals surface area contributed by atoms with Gasteiger partial charge in [0.05, 0.1) is 17.2 Å². The van der Waals surface area contributed by atoms with Gasteiger partial charge < -0.3 is 15.1 Å². The van der Waals surface area contributed by atoms with Gasteiger partial charge >= 0.3 is 11.8 Å². The van der Waals surface area contributed by atoms with Gasteiger partial charge in [0.1, 0.15) is 11.6 Å². The molecule has 2 aromatic heterocycles. The molecule has 3 rings (SSSR count). The van der Waals surface area contributed by atoms with E-state index in [-0.39, 0.29) is 23.2 Å². The van der Waals surface area contributed by atoms with Crippen LogP contribution in [-0.2, 0) is 9.59 Å². The van der Waals surface area contributed by atoms with Crippen molar-refractivity contribution in [1.29, 1.82) is 0 Å². The molecule has 0 aliphatic rings. The molecule has 0 saturated heterocycles. The Morgan fingerprint density at radius 1 is 1.19 bits per heavy atom. The molecule has 8 heteroatoms. The van der Waals surface area contributed by atoms with Crippen LogP contribution in [0.1, 0.15) is 16.6 Å². The van der Waals surface area contributed by atoms with Gasteiger partial charge in [-0.15, -0.1) is 11.3 Å². The highest BCUT2D eigenvalue weighted by Gasteiger charge is 2.21. The number of halogens is 2. The van der Waals surface area contributed by atoms with Gasteiger partial charge in [-0.2, -0.15) is 0 Å². The van der Waals surface area contributed by atoms with E-state index in [2.05, 4.69) is 10.6 Å². The van der Waals surface area contributed by atoms with Crippen LogP contribution in [0.15, 0.2) is 58.5 Å². The maximum Gasteiger partial charge on any atom is 0.313 e. The van der Waals surface area contributed by atoms with Crippen LogP contribution in [0.3, 0.4) is 0 Å². The molecule has 134 valence electrons. The van der Waals surface area contributed by atoms with E-state index < -0.39 is 17.6 Å². The molecular formula is C18H14ClFN2O3S. The zero-order chi connectivity index (χ0) is 18.5. The second kappa shape index (κ2) is 8.16. The first-order chi connectivity index (χ1) is 12.5. The number of amides is 2. The van der Waals surface area contributed by atoms with E-state index in [0.717, 1.165) is 10.9 Å². The van der Waals surface area contributed by atoms with Crippen LogP contribution < -0.4 is 10.6 Å². The predicted octanol–water partition coefficient (Wildman–Crippen LogP) is 4.02. The molecule has 3 aromatic rings. The molecule has 26 heavy (non-hydrogen) atoms. The number of thiophene rings is 1. The number of furan rings is 1. The zero-order valence-electron chi connectivity index (χ0n) is 13.4. The molecule has 2 heterocycles. The summed E-state index contributed by atoms with van der Waals surface area (Å²) in [7, 11) is 0. The second-order valence-electron chi connectivity index (χ2n) is 5.38. The Morgan fingerprint density at radius 3 is 2.69 bits per heavy atom. The highest BCUT2D eigenvalue weighted by Crippen LogP contribution is 2.28. The molecule has 2 amide bonds. The van der Waals surface area contributed by atoms with Gasteiger partial charge in [-0.05, 0) is 41.8 Å². The standard InChI is InChI=1S/C18H14ClFN2O3S/c19-13-9-11(5-6-14(13)20)22-18(24)17(23)21-10-12(15-3-1-7-25-15)16-4-2-8-26-16/h1-9,12H,10H2,(H,21,23)(H,22,24). The lowest BCUT2D eigenvalue weighted by Crippen LogP contribution is -2.37. The number of hydrogen-bond acceptors (Lipinski definition) is 4. The van der Waals surface area contributed by atoms with Crippen LogP contribution in [0.4, 0.5) is 10.1 Å². The second-order valence-corrected chi connectivity index (χ2v) is 6.76. The van der Waals surface area contributed by atoms with Crippen LogP contribution in [0.25, 0.3) is 0 Å². The van der Waals surface area contributed by atoms with Gasteiger partial charge in [0.2, 0.25) is 0 Å². The summed E-state index contributed by atoms with van der Waals surface area (Å²) in [4.78, 5) is 25.1. The van der Waals surface area contributed by atoms with Gasteiger partial charge in [-0.1, -0.05) is 17.7 Å². The van der Waals surface area contributed by atoms with E-state index in [1.807, 2.05) is 23.6 Å². The molecule has 0 bridgehead atoms. The van der Waals surface area contributed by atoms with Crippen molar-refractivity contribution in [3.05, 3.63) is 75.6 Å². The molecule has 0 spiro atoms. The molecule has 0 aliphatic heterocycles. The van der Waals surface area contributed by atoms with Crippen molar-refractivity contribution in [2.75, 3.05) is 11.9 Å². The predicted molar refractivity (Wildman–Crippen MR) is 97.9 cm³/mol. The largest absolute Gasteiger partial charge is 0.469 e. The molecule has 1 atom stereocenters. The molecule has 1 unspecified atom stereocenters. The van der Waals surface area contributed by atoms with Crippen molar-refractivity contribution >= 4 is 40.4 Å². The van der Waals surface area contributed by atoms with E-state index in [4.69, 9.17) is 16.0 Å². The van der Waals surface area contributed by atoms with Gasteiger partial charge in [0.15, 0.2) is 0 Å². The average Bonchev–Trinajstić information content (AvgIpc) is 3.32. The molecule has 0 saturated carbocycles. The number of nitrogens with one attached hydrogen (secondary N) is 2. The van der Waals surface area contributed by atoms with Crippen molar-refractivity contribution in [2.45, 2.75) is 5.92 Å². The van der Waals surface area contributed by atoms with Crippen LogP contribution >= 0.6 is 22.9 Å². The van der Waals surface area contributed by atoms with E-state index in [0.29, 0.717) is 5.76 Å². The van der Waals surface area contributed by atoms with E-state index in [1.165, 1.54) is 23.5 Å². The van der Waals surface area contributed by atoms with Crippen molar-refractivity contribution in [2.24, 2.45) is 0 Å². The van der Waals surface area contributed by atoms with Crippen LogP contribution in [0, 0.1) is 5.82 Å². The Labute approximate surface area is 157 Å². The Balaban J connectivity index is 1.63. The Kier molecular flexibility index (Phi) is 5.70. The fraction of sp³-hybridized carbons (Fsp3) is 0.111. The summed E-state index contributed by atoms with van der Waals surface area (Å²) in [6.45, 7) is 0.199. The lowest BCUT2D eigenvalue weighted by Gasteiger charge is -2.14. The van der Waals surface area contributed by atoms with Crippen LogP contribution in [-0.4, -0.2) is 18.4 Å². The van der Waals surface area contributed by atoms with Crippen molar-refractivity contribution in [1.82, 2.24) is 5.32 Å². The summed E-state index contributed by atoms with van der Waals surface area (Å²) >= 11 is 7.19. The molecule has 0 fully saturated rings. The van der Waals surface area contributed by atoms with E-state index in [1.54, 1.807) is 12.3 Å². The smallest absolute Gasteiger partial charge is 0.313 e. The molecule has 0 radical (unpaired) electrons. The maximum absolute atomic E-state index is 13.1. The first kappa shape index (κ1) is 18.2. The molecule has 1 aromatic carbocycles. The minimum absolute atomic E-state index is 0.140. The first-order valence-electron chi connectivity index (χ1n) is 7.65. The fourth-order valence-electron chi connectivity index (χ4n) is 2.36. The first-order valence-corrected chi connectivity index (χ1v) is 8.91. The summed E-state index contributed by atoms with van der Waals surface area (Å²) in [5.41, 5.74) is 0.234. The fourth-order valence-corrected chi connectivity index (χ4v) is 3.37. The molecule has 5 nitrogen and oxygen atoms in total. The summed E-state index contributed by atoms with van der Waals surface area (Å²) in [5.74, 6) is -1.78. The lowest BCUT2D eigenvalue weighted by molar-refractivity contribution is -0.136. The third-order valence-corrected chi connectivity index (χ3v) is 4.90. The van der Waals surface area contributed by atoms with Gasteiger partial charge in [-0.3, -0.25) is 9.59 Å². The summed E-state index contributed by atoms with van der Waals surface area (Å²) < 4.78 is 18.6. The Morgan fingerprint density at radius 2 is 2.04 bits per heavy atom. The summed E-state index contributed by atoms with van der Waals surface area (Å²) in [6.07, 6.45) is 1.56. The zero-order valence-corrected chi connectivity index (χ0v) is 14.9. The quantitative estimate of drug-likeness (QED) is 0.644. The van der Waals surface area contributed by atoms with E-state index >= 15 is 0 Å². The number of anilines is 1. The van der Waals surface area contributed by atoms with Crippen molar-refractivity contribution in [3.8, 4) is 0 Å². The normalized spacial score (nSPS) is 11.8. The Bertz CT molecular complexity index is 863. The highest BCUT2D eigenvalue weighted by atomic mass is 35.5. The van der Waals surface area contributed by atoms with Gasteiger partial charge in [0.25, 0.3) is 0 Å². The number of benzene rings is 1.